The third-order valence-corrected chi connectivity index (χ3v) is 4.10. The molecule has 3 aromatic carbocycles. The first-order valence-corrected chi connectivity index (χ1v) is 8.80. The lowest BCUT2D eigenvalue weighted by Gasteiger charge is -2.15. The lowest BCUT2D eigenvalue weighted by atomic mass is 10.1. The van der Waals surface area contributed by atoms with Gasteiger partial charge in [0.25, 0.3) is 5.91 Å². The maximum atomic E-state index is 12.3. The zero-order valence-corrected chi connectivity index (χ0v) is 15.1. The number of benzene rings is 3. The van der Waals surface area contributed by atoms with E-state index in [4.69, 9.17) is 9.47 Å². The van der Waals surface area contributed by atoms with Crippen molar-refractivity contribution < 1.29 is 14.3 Å². The summed E-state index contributed by atoms with van der Waals surface area (Å²) >= 11 is 0. The van der Waals surface area contributed by atoms with E-state index in [0.717, 1.165) is 22.1 Å². The maximum absolute atomic E-state index is 12.3. The van der Waals surface area contributed by atoms with Gasteiger partial charge in [0.2, 0.25) is 0 Å². The van der Waals surface area contributed by atoms with Crippen molar-refractivity contribution in [2.45, 2.75) is 26.5 Å². The number of hydrogen-bond donors (Lipinski definition) is 1. The van der Waals surface area contributed by atoms with Gasteiger partial charge in [0.1, 0.15) is 11.5 Å². The molecule has 1 unspecified atom stereocenters. The molecule has 4 heteroatoms. The summed E-state index contributed by atoms with van der Waals surface area (Å²) in [4.78, 5) is 12.3. The second-order valence-corrected chi connectivity index (χ2v) is 6.06. The van der Waals surface area contributed by atoms with Crippen molar-refractivity contribution in [2.24, 2.45) is 0 Å². The fourth-order valence-corrected chi connectivity index (χ4v) is 2.70. The summed E-state index contributed by atoms with van der Waals surface area (Å²) in [6, 6.07) is 21.6. The number of carbonyl (C=O) groups excluding carboxylic acids is 1. The molecule has 0 saturated carbocycles. The molecule has 1 atom stereocenters. The predicted octanol–water partition coefficient (Wildman–Crippen LogP) is 4.32. The summed E-state index contributed by atoms with van der Waals surface area (Å²) in [7, 11) is 0. The number of rotatable bonds is 7. The highest BCUT2D eigenvalue weighted by atomic mass is 16.5. The van der Waals surface area contributed by atoms with Crippen LogP contribution in [0.25, 0.3) is 10.8 Å². The van der Waals surface area contributed by atoms with Gasteiger partial charge >= 0.3 is 0 Å². The van der Waals surface area contributed by atoms with Crippen LogP contribution in [0.15, 0.2) is 66.7 Å². The molecule has 0 radical (unpaired) electrons. The molecule has 26 heavy (non-hydrogen) atoms. The standard InChI is InChI=1S/C22H23NO3/c1-3-25-20-11-8-17(9-12-20)15-23-22(24)16(2)26-21-13-10-18-6-4-5-7-19(18)14-21/h4-14,16H,3,15H2,1-2H3,(H,23,24). The minimum Gasteiger partial charge on any atom is -0.494 e. The van der Waals surface area contributed by atoms with Gasteiger partial charge in [0.15, 0.2) is 6.10 Å². The van der Waals surface area contributed by atoms with Crippen LogP contribution in [0.5, 0.6) is 11.5 Å². The second kappa shape index (κ2) is 8.39. The molecule has 3 rings (SSSR count). The summed E-state index contributed by atoms with van der Waals surface area (Å²) in [6.45, 7) is 4.80. The van der Waals surface area contributed by atoms with Crippen LogP contribution in [0.1, 0.15) is 19.4 Å². The Morgan fingerprint density at radius 3 is 2.38 bits per heavy atom. The molecule has 0 aliphatic rings. The first-order chi connectivity index (χ1) is 12.7. The lowest BCUT2D eigenvalue weighted by molar-refractivity contribution is -0.127. The normalized spacial score (nSPS) is 11.8. The van der Waals surface area contributed by atoms with Crippen LogP contribution in [-0.2, 0) is 11.3 Å². The predicted molar refractivity (Wildman–Crippen MR) is 103 cm³/mol. The summed E-state index contributed by atoms with van der Waals surface area (Å²) in [5.74, 6) is 1.37. The van der Waals surface area contributed by atoms with Crippen molar-refractivity contribution in [3.05, 3.63) is 72.3 Å². The summed E-state index contributed by atoms with van der Waals surface area (Å²) in [6.07, 6.45) is -0.570. The molecule has 3 aromatic rings. The molecule has 0 heterocycles. The van der Waals surface area contributed by atoms with E-state index in [2.05, 4.69) is 5.32 Å². The van der Waals surface area contributed by atoms with Gasteiger partial charge in [-0.25, -0.2) is 0 Å². The average molecular weight is 349 g/mol. The van der Waals surface area contributed by atoms with E-state index in [1.54, 1.807) is 6.92 Å². The number of nitrogens with one attached hydrogen (secondary N) is 1. The van der Waals surface area contributed by atoms with Crippen LogP contribution in [0, 0.1) is 0 Å². The van der Waals surface area contributed by atoms with Gasteiger partial charge in [-0.1, -0.05) is 42.5 Å². The molecule has 0 spiro atoms. The zero-order chi connectivity index (χ0) is 18.4. The van der Waals surface area contributed by atoms with Gasteiger partial charge < -0.3 is 14.8 Å². The maximum Gasteiger partial charge on any atom is 0.261 e. The molecule has 0 bridgehead atoms. The van der Waals surface area contributed by atoms with Crippen molar-refractivity contribution >= 4 is 16.7 Å². The van der Waals surface area contributed by atoms with Gasteiger partial charge in [-0.15, -0.1) is 0 Å². The Hall–Kier alpha value is -3.01. The fraction of sp³-hybridized carbons (Fsp3) is 0.227. The molecule has 1 amide bonds. The highest BCUT2D eigenvalue weighted by Crippen LogP contribution is 2.21. The van der Waals surface area contributed by atoms with Gasteiger partial charge in [0, 0.05) is 6.54 Å². The van der Waals surface area contributed by atoms with Crippen molar-refractivity contribution in [3.63, 3.8) is 0 Å². The molecular formula is C22H23NO3. The van der Waals surface area contributed by atoms with Crippen LogP contribution in [0.3, 0.4) is 0 Å². The number of amides is 1. The third kappa shape index (κ3) is 4.54. The Bertz CT molecular complexity index is 874. The Morgan fingerprint density at radius 2 is 1.65 bits per heavy atom. The third-order valence-electron chi connectivity index (χ3n) is 4.10. The summed E-state index contributed by atoms with van der Waals surface area (Å²) in [5, 5.41) is 5.14. The smallest absolute Gasteiger partial charge is 0.261 e. The lowest BCUT2D eigenvalue weighted by Crippen LogP contribution is -2.35. The van der Waals surface area contributed by atoms with Crippen LogP contribution >= 0.6 is 0 Å². The van der Waals surface area contributed by atoms with E-state index in [-0.39, 0.29) is 5.91 Å². The molecule has 0 aliphatic heterocycles. The highest BCUT2D eigenvalue weighted by Gasteiger charge is 2.14. The quantitative estimate of drug-likeness (QED) is 0.691. The van der Waals surface area contributed by atoms with E-state index < -0.39 is 6.10 Å². The SMILES string of the molecule is CCOc1ccc(CNC(=O)C(C)Oc2ccc3ccccc3c2)cc1. The number of fused-ring (bicyclic) bond motifs is 1. The van der Waals surface area contributed by atoms with Crippen LogP contribution in [-0.4, -0.2) is 18.6 Å². The molecule has 4 nitrogen and oxygen atoms in total. The zero-order valence-electron chi connectivity index (χ0n) is 15.1. The summed E-state index contributed by atoms with van der Waals surface area (Å²) < 4.78 is 11.2. The average Bonchev–Trinajstić information content (AvgIpc) is 2.67. The van der Waals surface area contributed by atoms with Gasteiger partial charge in [-0.3, -0.25) is 4.79 Å². The van der Waals surface area contributed by atoms with E-state index in [1.165, 1.54) is 0 Å². The van der Waals surface area contributed by atoms with Crippen LogP contribution in [0.2, 0.25) is 0 Å². The van der Waals surface area contributed by atoms with E-state index >= 15 is 0 Å². The minimum absolute atomic E-state index is 0.146. The molecule has 134 valence electrons. The van der Waals surface area contributed by atoms with Crippen molar-refractivity contribution in [2.75, 3.05) is 6.61 Å². The Morgan fingerprint density at radius 1 is 0.962 bits per heavy atom. The second-order valence-electron chi connectivity index (χ2n) is 6.06. The first-order valence-electron chi connectivity index (χ1n) is 8.80. The molecule has 0 fully saturated rings. The first kappa shape index (κ1) is 17.8. The van der Waals surface area contributed by atoms with Crippen LogP contribution in [0.4, 0.5) is 0 Å². The van der Waals surface area contributed by atoms with Crippen LogP contribution < -0.4 is 14.8 Å². The Kier molecular flexibility index (Phi) is 5.74. The molecule has 0 saturated heterocycles. The van der Waals surface area contributed by atoms with E-state index in [9.17, 15) is 4.79 Å². The topological polar surface area (TPSA) is 47.6 Å². The number of ether oxygens (including phenoxy) is 2. The molecule has 1 N–H and O–H groups in total. The van der Waals surface area contributed by atoms with Crippen molar-refractivity contribution in [3.8, 4) is 11.5 Å². The highest BCUT2D eigenvalue weighted by molar-refractivity contribution is 5.84. The van der Waals surface area contributed by atoms with Crippen molar-refractivity contribution in [1.29, 1.82) is 0 Å². The van der Waals surface area contributed by atoms with Crippen molar-refractivity contribution in [1.82, 2.24) is 5.32 Å². The van der Waals surface area contributed by atoms with E-state index in [0.29, 0.717) is 18.9 Å². The molecule has 0 aliphatic carbocycles. The fourth-order valence-electron chi connectivity index (χ4n) is 2.70. The Balaban J connectivity index is 1.55. The van der Waals surface area contributed by atoms with E-state index in [1.807, 2.05) is 73.7 Å². The minimum atomic E-state index is -0.570. The number of hydrogen-bond acceptors (Lipinski definition) is 3. The largest absolute Gasteiger partial charge is 0.494 e. The Labute approximate surface area is 153 Å². The summed E-state index contributed by atoms with van der Waals surface area (Å²) in [5.41, 5.74) is 1.01. The molecular weight excluding hydrogens is 326 g/mol. The van der Waals surface area contributed by atoms with Gasteiger partial charge in [-0.05, 0) is 54.4 Å². The molecule has 0 aromatic heterocycles. The van der Waals surface area contributed by atoms with Gasteiger partial charge in [-0.2, -0.15) is 0 Å². The number of carbonyl (C=O) groups is 1. The monoisotopic (exact) mass is 349 g/mol. The van der Waals surface area contributed by atoms with Gasteiger partial charge in [0.05, 0.1) is 6.61 Å².